The maximum Gasteiger partial charge on any atom is 0.255 e. The van der Waals surface area contributed by atoms with E-state index in [0.29, 0.717) is 10.8 Å². The number of methoxy groups -OCH3 is 1. The van der Waals surface area contributed by atoms with Crippen molar-refractivity contribution in [1.82, 2.24) is 4.57 Å². The van der Waals surface area contributed by atoms with Gasteiger partial charge < -0.3 is 4.74 Å². The minimum atomic E-state index is -0.127. The van der Waals surface area contributed by atoms with Gasteiger partial charge in [-0.1, -0.05) is 17.7 Å². The molecule has 1 aromatic heterocycles. The summed E-state index contributed by atoms with van der Waals surface area (Å²) < 4.78 is 6.58. The van der Waals surface area contributed by atoms with Crippen LogP contribution in [0.25, 0.3) is 5.69 Å². The van der Waals surface area contributed by atoms with E-state index in [9.17, 15) is 4.79 Å². The number of hydrogen-bond donors (Lipinski definition) is 0. The van der Waals surface area contributed by atoms with Crippen molar-refractivity contribution in [3.05, 3.63) is 58.0 Å². The molecule has 0 aliphatic heterocycles. The van der Waals surface area contributed by atoms with Crippen molar-refractivity contribution in [2.45, 2.75) is 0 Å². The van der Waals surface area contributed by atoms with E-state index >= 15 is 0 Å². The Morgan fingerprint density at radius 1 is 1.25 bits per heavy atom. The average molecular weight is 236 g/mol. The van der Waals surface area contributed by atoms with E-state index in [-0.39, 0.29) is 5.56 Å². The van der Waals surface area contributed by atoms with Gasteiger partial charge in [0, 0.05) is 18.3 Å². The first-order valence-electron chi connectivity index (χ1n) is 4.73. The van der Waals surface area contributed by atoms with Gasteiger partial charge in [0.2, 0.25) is 0 Å². The van der Waals surface area contributed by atoms with E-state index in [0.717, 1.165) is 5.69 Å². The van der Waals surface area contributed by atoms with Gasteiger partial charge in [-0.2, -0.15) is 0 Å². The van der Waals surface area contributed by atoms with Crippen LogP contribution in [0.15, 0.2) is 47.4 Å². The minimum Gasteiger partial charge on any atom is -0.497 e. The van der Waals surface area contributed by atoms with Crippen LogP contribution in [-0.2, 0) is 0 Å². The molecule has 4 heteroatoms. The lowest BCUT2D eigenvalue weighted by Crippen LogP contribution is -2.15. The third-order valence-electron chi connectivity index (χ3n) is 2.21. The second-order valence-corrected chi connectivity index (χ2v) is 3.69. The van der Waals surface area contributed by atoms with Crippen LogP contribution in [0.5, 0.6) is 5.75 Å². The van der Waals surface area contributed by atoms with Gasteiger partial charge in [0.25, 0.3) is 5.56 Å². The molecule has 2 rings (SSSR count). The number of pyridine rings is 1. The van der Waals surface area contributed by atoms with Crippen LogP contribution in [0.3, 0.4) is 0 Å². The second-order valence-electron chi connectivity index (χ2n) is 3.26. The monoisotopic (exact) mass is 235 g/mol. The van der Waals surface area contributed by atoms with Gasteiger partial charge in [-0.05, 0) is 18.2 Å². The zero-order valence-corrected chi connectivity index (χ0v) is 9.44. The largest absolute Gasteiger partial charge is 0.497 e. The van der Waals surface area contributed by atoms with E-state index in [4.69, 9.17) is 16.3 Å². The van der Waals surface area contributed by atoms with Crippen LogP contribution in [0, 0.1) is 0 Å². The predicted molar refractivity (Wildman–Crippen MR) is 63.6 cm³/mol. The van der Waals surface area contributed by atoms with E-state index in [1.165, 1.54) is 10.6 Å². The molecule has 0 atom stereocenters. The molecule has 1 aromatic carbocycles. The first-order valence-corrected chi connectivity index (χ1v) is 5.11. The van der Waals surface area contributed by atoms with E-state index < -0.39 is 0 Å². The molecule has 0 aliphatic rings. The Morgan fingerprint density at radius 3 is 2.81 bits per heavy atom. The van der Waals surface area contributed by atoms with E-state index in [1.807, 2.05) is 18.2 Å². The lowest BCUT2D eigenvalue weighted by atomic mass is 10.3. The highest BCUT2D eigenvalue weighted by Gasteiger charge is 2.01. The van der Waals surface area contributed by atoms with Crippen LogP contribution in [0.4, 0.5) is 0 Å². The number of nitrogens with zero attached hydrogens (tertiary/aromatic N) is 1. The molecule has 0 bridgehead atoms. The lowest BCUT2D eigenvalue weighted by molar-refractivity contribution is 0.414. The first kappa shape index (κ1) is 10.8. The molecule has 0 N–H and O–H groups in total. The summed E-state index contributed by atoms with van der Waals surface area (Å²) in [6.45, 7) is 0. The summed E-state index contributed by atoms with van der Waals surface area (Å²) in [5.74, 6) is 0.698. The number of hydrogen-bond acceptors (Lipinski definition) is 2. The molecular weight excluding hydrogens is 226 g/mol. The third kappa shape index (κ3) is 2.09. The Kier molecular flexibility index (Phi) is 2.97. The van der Waals surface area contributed by atoms with Gasteiger partial charge in [0.1, 0.15) is 5.75 Å². The molecular formula is C12H10ClNO2. The van der Waals surface area contributed by atoms with Gasteiger partial charge in [-0.25, -0.2) is 0 Å². The van der Waals surface area contributed by atoms with Gasteiger partial charge in [0.15, 0.2) is 0 Å². The smallest absolute Gasteiger partial charge is 0.255 e. The highest BCUT2D eigenvalue weighted by molar-refractivity contribution is 6.30. The first-order chi connectivity index (χ1) is 7.70. The summed E-state index contributed by atoms with van der Waals surface area (Å²) in [7, 11) is 1.58. The zero-order chi connectivity index (χ0) is 11.5. The van der Waals surface area contributed by atoms with Crippen molar-refractivity contribution in [3.8, 4) is 11.4 Å². The number of halogens is 1. The highest BCUT2D eigenvalue weighted by Crippen LogP contribution is 2.16. The fourth-order valence-electron chi connectivity index (χ4n) is 1.42. The molecule has 0 saturated carbocycles. The van der Waals surface area contributed by atoms with Crippen LogP contribution < -0.4 is 10.3 Å². The Labute approximate surface area is 97.9 Å². The zero-order valence-electron chi connectivity index (χ0n) is 8.68. The standard InChI is InChI=1S/C12H10ClNO2/c1-16-11-4-2-3-10(7-11)14-8-9(13)5-6-12(14)15/h2-8H,1H3. The van der Waals surface area contributed by atoms with Crippen LogP contribution in [0.1, 0.15) is 0 Å². The maximum absolute atomic E-state index is 11.6. The fraction of sp³-hybridized carbons (Fsp3) is 0.0833. The third-order valence-corrected chi connectivity index (χ3v) is 2.43. The molecule has 0 spiro atoms. The fourth-order valence-corrected chi connectivity index (χ4v) is 1.58. The molecule has 1 heterocycles. The van der Waals surface area contributed by atoms with Gasteiger partial charge in [-0.15, -0.1) is 0 Å². The molecule has 0 unspecified atom stereocenters. The molecule has 0 saturated heterocycles. The van der Waals surface area contributed by atoms with Crippen molar-refractivity contribution >= 4 is 11.6 Å². The maximum atomic E-state index is 11.6. The minimum absolute atomic E-state index is 0.127. The molecule has 0 amide bonds. The predicted octanol–water partition coefficient (Wildman–Crippen LogP) is 2.50. The lowest BCUT2D eigenvalue weighted by Gasteiger charge is -2.07. The van der Waals surface area contributed by atoms with Crippen molar-refractivity contribution in [2.75, 3.05) is 7.11 Å². The van der Waals surface area contributed by atoms with Crippen molar-refractivity contribution in [2.24, 2.45) is 0 Å². The summed E-state index contributed by atoms with van der Waals surface area (Å²) >= 11 is 5.85. The topological polar surface area (TPSA) is 31.2 Å². The number of rotatable bonds is 2. The normalized spacial score (nSPS) is 10.1. The summed E-state index contributed by atoms with van der Waals surface area (Å²) in [6, 6.07) is 10.2. The Hall–Kier alpha value is -1.74. The van der Waals surface area contributed by atoms with Crippen molar-refractivity contribution in [3.63, 3.8) is 0 Å². The number of ether oxygens (including phenoxy) is 1. The SMILES string of the molecule is COc1cccc(-n2cc(Cl)ccc2=O)c1. The van der Waals surface area contributed by atoms with Crippen molar-refractivity contribution < 1.29 is 4.74 Å². The van der Waals surface area contributed by atoms with Crippen molar-refractivity contribution in [1.29, 1.82) is 0 Å². The number of benzene rings is 1. The Morgan fingerprint density at radius 2 is 2.06 bits per heavy atom. The molecule has 3 nitrogen and oxygen atoms in total. The average Bonchev–Trinajstić information content (AvgIpc) is 2.32. The molecule has 0 fully saturated rings. The van der Waals surface area contributed by atoms with Gasteiger partial charge in [0.05, 0.1) is 17.8 Å². The Balaban J connectivity index is 2.58. The summed E-state index contributed by atoms with van der Waals surface area (Å²) in [6.07, 6.45) is 1.58. The van der Waals surface area contributed by atoms with Crippen LogP contribution in [-0.4, -0.2) is 11.7 Å². The van der Waals surface area contributed by atoms with Crippen LogP contribution >= 0.6 is 11.6 Å². The summed E-state index contributed by atoms with van der Waals surface area (Å²) in [5, 5.41) is 0.516. The van der Waals surface area contributed by atoms with E-state index in [1.54, 1.807) is 25.4 Å². The summed E-state index contributed by atoms with van der Waals surface area (Å²) in [4.78, 5) is 11.6. The molecule has 82 valence electrons. The van der Waals surface area contributed by atoms with Gasteiger partial charge >= 0.3 is 0 Å². The molecule has 0 aliphatic carbocycles. The molecule has 0 radical (unpaired) electrons. The summed E-state index contributed by atoms with van der Waals surface area (Å²) in [5.41, 5.74) is 0.601. The quantitative estimate of drug-likeness (QED) is 0.801. The number of aromatic nitrogens is 1. The van der Waals surface area contributed by atoms with Crippen LogP contribution in [0.2, 0.25) is 5.02 Å². The Bertz CT molecular complexity index is 563. The molecule has 16 heavy (non-hydrogen) atoms. The van der Waals surface area contributed by atoms with Gasteiger partial charge in [-0.3, -0.25) is 9.36 Å². The molecule has 2 aromatic rings. The second kappa shape index (κ2) is 4.41. The van der Waals surface area contributed by atoms with E-state index in [2.05, 4.69) is 0 Å². The highest BCUT2D eigenvalue weighted by atomic mass is 35.5.